The van der Waals surface area contributed by atoms with Gasteiger partial charge >= 0.3 is 0 Å². The maximum absolute atomic E-state index is 13.1. The fourth-order valence-electron chi connectivity index (χ4n) is 4.92. The van der Waals surface area contributed by atoms with Gasteiger partial charge in [-0.15, -0.1) is 0 Å². The van der Waals surface area contributed by atoms with E-state index in [0.717, 1.165) is 44.2 Å². The van der Waals surface area contributed by atoms with E-state index >= 15 is 0 Å². The zero-order valence-electron chi connectivity index (χ0n) is 18.9. The van der Waals surface area contributed by atoms with E-state index in [9.17, 15) is 13.2 Å². The summed E-state index contributed by atoms with van der Waals surface area (Å²) >= 11 is 5.88. The number of piperazine rings is 1. The molecular formula is C24H29ClN3O5S+. The fourth-order valence-corrected chi connectivity index (χ4v) is 6.51. The summed E-state index contributed by atoms with van der Waals surface area (Å²) < 4.78 is 38.1. The molecule has 0 aromatic heterocycles. The van der Waals surface area contributed by atoms with E-state index < -0.39 is 10.0 Å². The van der Waals surface area contributed by atoms with Gasteiger partial charge < -0.3 is 19.3 Å². The predicted molar refractivity (Wildman–Crippen MR) is 126 cm³/mol. The number of fused-ring (bicyclic) bond motifs is 1. The van der Waals surface area contributed by atoms with Gasteiger partial charge in [-0.1, -0.05) is 11.6 Å². The normalized spacial score (nSPS) is 20.0. The lowest BCUT2D eigenvalue weighted by molar-refractivity contribution is -0.917. The summed E-state index contributed by atoms with van der Waals surface area (Å²) in [5.74, 6) is 1.63. The van der Waals surface area contributed by atoms with Gasteiger partial charge in [0.1, 0.15) is 6.54 Å². The molecule has 0 spiro atoms. The first kappa shape index (κ1) is 23.4. The average Bonchev–Trinajstić information content (AvgIpc) is 3.32. The number of rotatable bonds is 5. The summed E-state index contributed by atoms with van der Waals surface area (Å²) in [4.78, 5) is 16.7. The van der Waals surface area contributed by atoms with Crippen LogP contribution in [0.15, 0.2) is 47.4 Å². The number of sulfonamides is 1. The minimum atomic E-state index is -3.56. The van der Waals surface area contributed by atoms with Crippen molar-refractivity contribution >= 4 is 27.5 Å². The Morgan fingerprint density at radius 1 is 0.971 bits per heavy atom. The molecule has 1 N–H and O–H groups in total. The van der Waals surface area contributed by atoms with Crippen LogP contribution in [0.2, 0.25) is 5.02 Å². The predicted octanol–water partition coefficient (Wildman–Crippen LogP) is 1.40. The summed E-state index contributed by atoms with van der Waals surface area (Å²) in [5, 5.41) is 0.501. The van der Waals surface area contributed by atoms with Gasteiger partial charge in [-0.05, 0) is 55.3 Å². The Labute approximate surface area is 205 Å². The Kier molecular flexibility index (Phi) is 6.70. The number of carbonyl (C=O) groups is 1. The van der Waals surface area contributed by atoms with Crippen molar-refractivity contribution in [2.45, 2.75) is 24.3 Å². The van der Waals surface area contributed by atoms with E-state index in [1.165, 1.54) is 26.9 Å². The third-order valence-corrected chi connectivity index (χ3v) is 9.09. The number of quaternary nitrogens is 1. The SMILES string of the molecule is O=C(C1CCN(S(=O)(=O)c2ccc(Cl)cc2)CC1)N1CC[NH+](Cc2ccc3c(c2)OCO3)CC1. The maximum atomic E-state index is 13.1. The van der Waals surface area contributed by atoms with Gasteiger partial charge in [0, 0.05) is 29.6 Å². The second kappa shape index (κ2) is 9.73. The number of ether oxygens (including phenoxy) is 2. The standard InChI is InChI=1S/C24H28ClN3O5S/c25-20-2-4-21(5-3-20)34(30,31)28-9-7-19(8-10-28)24(29)27-13-11-26(12-14-27)16-18-1-6-22-23(15-18)33-17-32-22/h1-6,15,19H,7-14,16-17H2/p+1. The molecule has 0 saturated carbocycles. The third-order valence-electron chi connectivity index (χ3n) is 6.93. The molecule has 3 aliphatic heterocycles. The van der Waals surface area contributed by atoms with E-state index in [2.05, 4.69) is 6.07 Å². The lowest BCUT2D eigenvalue weighted by atomic mass is 9.96. The minimum Gasteiger partial charge on any atom is -0.454 e. The van der Waals surface area contributed by atoms with E-state index in [1.54, 1.807) is 12.1 Å². The number of benzene rings is 2. The molecule has 2 aromatic carbocycles. The molecule has 0 radical (unpaired) electrons. The topological polar surface area (TPSA) is 80.6 Å². The monoisotopic (exact) mass is 506 g/mol. The van der Waals surface area contributed by atoms with Crippen molar-refractivity contribution in [3.05, 3.63) is 53.1 Å². The molecule has 2 aromatic rings. The van der Waals surface area contributed by atoms with Crippen LogP contribution in [0.25, 0.3) is 0 Å². The second-order valence-electron chi connectivity index (χ2n) is 9.07. The van der Waals surface area contributed by atoms with Crippen LogP contribution in [-0.2, 0) is 21.4 Å². The minimum absolute atomic E-state index is 0.118. The van der Waals surface area contributed by atoms with Gasteiger partial charge in [-0.2, -0.15) is 4.31 Å². The highest BCUT2D eigenvalue weighted by molar-refractivity contribution is 7.89. The number of hydrogen-bond donors (Lipinski definition) is 1. The van der Waals surface area contributed by atoms with Crippen LogP contribution in [0.3, 0.4) is 0 Å². The number of hydrogen-bond acceptors (Lipinski definition) is 5. The van der Waals surface area contributed by atoms with Crippen LogP contribution >= 0.6 is 11.6 Å². The van der Waals surface area contributed by atoms with Gasteiger partial charge in [-0.3, -0.25) is 4.79 Å². The third kappa shape index (κ3) is 4.88. The van der Waals surface area contributed by atoms with Crippen LogP contribution in [0, 0.1) is 5.92 Å². The van der Waals surface area contributed by atoms with E-state index in [4.69, 9.17) is 21.1 Å². The van der Waals surface area contributed by atoms with Crippen molar-refractivity contribution < 1.29 is 27.6 Å². The van der Waals surface area contributed by atoms with Crippen LogP contribution in [-0.4, -0.2) is 69.6 Å². The molecule has 0 atom stereocenters. The molecule has 10 heteroatoms. The molecular weight excluding hydrogens is 478 g/mol. The molecule has 0 bridgehead atoms. The van der Waals surface area contributed by atoms with Gasteiger partial charge in [0.2, 0.25) is 22.7 Å². The summed E-state index contributed by atoms with van der Waals surface area (Å²) in [7, 11) is -3.56. The highest BCUT2D eigenvalue weighted by Gasteiger charge is 2.35. The van der Waals surface area contributed by atoms with Crippen LogP contribution in [0.1, 0.15) is 18.4 Å². The van der Waals surface area contributed by atoms with Gasteiger partial charge in [0.05, 0.1) is 31.1 Å². The Bertz CT molecular complexity index is 1140. The number of carbonyl (C=O) groups excluding carboxylic acids is 1. The van der Waals surface area contributed by atoms with Crippen molar-refractivity contribution in [1.82, 2.24) is 9.21 Å². The zero-order chi connectivity index (χ0) is 23.7. The van der Waals surface area contributed by atoms with Gasteiger partial charge in [0.25, 0.3) is 0 Å². The van der Waals surface area contributed by atoms with Crippen molar-refractivity contribution in [1.29, 1.82) is 0 Å². The molecule has 3 aliphatic rings. The number of piperidine rings is 1. The molecule has 1 amide bonds. The molecule has 0 unspecified atom stereocenters. The molecule has 2 saturated heterocycles. The first-order valence-corrected chi connectivity index (χ1v) is 13.5. The lowest BCUT2D eigenvalue weighted by Gasteiger charge is -2.36. The van der Waals surface area contributed by atoms with Gasteiger partial charge in [-0.25, -0.2) is 8.42 Å². The van der Waals surface area contributed by atoms with Crippen molar-refractivity contribution in [3.63, 3.8) is 0 Å². The summed E-state index contributed by atoms with van der Waals surface area (Å²) in [6.07, 6.45) is 1.10. The van der Waals surface area contributed by atoms with E-state index in [0.29, 0.717) is 31.0 Å². The number of amides is 1. The second-order valence-corrected chi connectivity index (χ2v) is 11.4. The van der Waals surface area contributed by atoms with Crippen molar-refractivity contribution in [2.24, 2.45) is 5.92 Å². The van der Waals surface area contributed by atoms with Crippen molar-refractivity contribution in [2.75, 3.05) is 46.1 Å². The van der Waals surface area contributed by atoms with Crippen LogP contribution in [0.4, 0.5) is 0 Å². The molecule has 182 valence electrons. The molecule has 5 rings (SSSR count). The average molecular weight is 507 g/mol. The van der Waals surface area contributed by atoms with Gasteiger partial charge in [0.15, 0.2) is 11.5 Å². The van der Waals surface area contributed by atoms with Crippen molar-refractivity contribution in [3.8, 4) is 11.5 Å². The first-order chi connectivity index (χ1) is 16.4. The van der Waals surface area contributed by atoms with E-state index in [1.807, 2.05) is 17.0 Å². The van der Waals surface area contributed by atoms with E-state index in [-0.39, 0.29) is 23.5 Å². The van der Waals surface area contributed by atoms with Crippen LogP contribution in [0.5, 0.6) is 11.5 Å². The molecule has 2 fully saturated rings. The Morgan fingerprint density at radius 3 is 2.35 bits per heavy atom. The molecule has 0 aliphatic carbocycles. The Balaban J connectivity index is 1.11. The molecule has 34 heavy (non-hydrogen) atoms. The summed E-state index contributed by atoms with van der Waals surface area (Å²) in [5.41, 5.74) is 1.20. The lowest BCUT2D eigenvalue weighted by Crippen LogP contribution is -3.13. The molecule has 3 heterocycles. The summed E-state index contributed by atoms with van der Waals surface area (Å²) in [6.45, 7) is 5.11. The quantitative estimate of drug-likeness (QED) is 0.663. The number of nitrogens with one attached hydrogen (secondary N) is 1. The maximum Gasteiger partial charge on any atom is 0.243 e. The smallest absolute Gasteiger partial charge is 0.243 e. The molecule has 8 nitrogen and oxygen atoms in total. The first-order valence-electron chi connectivity index (χ1n) is 11.7. The highest BCUT2D eigenvalue weighted by Crippen LogP contribution is 2.32. The fraction of sp³-hybridized carbons (Fsp3) is 0.458. The zero-order valence-corrected chi connectivity index (χ0v) is 20.5. The number of halogens is 1. The summed E-state index contributed by atoms with van der Waals surface area (Å²) in [6, 6.07) is 12.3. The Hall–Kier alpha value is -2.33. The highest BCUT2D eigenvalue weighted by atomic mass is 35.5. The number of nitrogens with zero attached hydrogens (tertiary/aromatic N) is 2. The Morgan fingerprint density at radius 2 is 1.65 bits per heavy atom. The van der Waals surface area contributed by atoms with Crippen LogP contribution < -0.4 is 14.4 Å². The largest absolute Gasteiger partial charge is 0.454 e.